The predicted octanol–water partition coefficient (Wildman–Crippen LogP) is 1.72. The second-order valence-electron chi connectivity index (χ2n) is 7.10. The Hall–Kier alpha value is -2.90. The van der Waals surface area contributed by atoms with Gasteiger partial charge >= 0.3 is 0 Å². The van der Waals surface area contributed by atoms with Gasteiger partial charge in [0, 0.05) is 38.4 Å². The van der Waals surface area contributed by atoms with Crippen LogP contribution in [0.15, 0.2) is 35.8 Å². The van der Waals surface area contributed by atoms with Gasteiger partial charge in [-0.3, -0.25) is 0 Å². The van der Waals surface area contributed by atoms with Crippen LogP contribution in [0.5, 0.6) is 0 Å². The Balaban J connectivity index is 1.58. The van der Waals surface area contributed by atoms with Crippen LogP contribution in [0.4, 0.5) is 5.82 Å². The summed E-state index contributed by atoms with van der Waals surface area (Å²) in [5.41, 5.74) is 1.06. The molecule has 8 heteroatoms. The first kappa shape index (κ1) is 19.9. The van der Waals surface area contributed by atoms with Gasteiger partial charge in [-0.25, -0.2) is 9.98 Å². The number of pyridine rings is 1. The molecule has 28 heavy (non-hydrogen) atoms. The fourth-order valence-corrected chi connectivity index (χ4v) is 3.21. The quantitative estimate of drug-likeness (QED) is 0.450. The molecule has 0 amide bonds. The molecule has 0 saturated carbocycles. The number of anilines is 1. The van der Waals surface area contributed by atoms with Crippen molar-refractivity contribution in [2.75, 3.05) is 24.5 Å². The van der Waals surface area contributed by atoms with E-state index >= 15 is 0 Å². The number of hydrogen-bond acceptors (Lipinski definition) is 5. The Morgan fingerprint density at radius 2 is 2.07 bits per heavy atom. The summed E-state index contributed by atoms with van der Waals surface area (Å²) >= 11 is 0. The minimum Gasteiger partial charge on any atom is -0.356 e. The molecule has 0 aliphatic carbocycles. The first-order valence-corrected chi connectivity index (χ1v) is 9.76. The number of aliphatic imine (C=N–C) groups is 1. The summed E-state index contributed by atoms with van der Waals surface area (Å²) in [4.78, 5) is 11.7. The summed E-state index contributed by atoms with van der Waals surface area (Å²) in [5.74, 6) is 3.58. The van der Waals surface area contributed by atoms with E-state index in [4.69, 9.17) is 0 Å². The second-order valence-corrected chi connectivity index (χ2v) is 7.10. The van der Waals surface area contributed by atoms with E-state index in [9.17, 15) is 0 Å². The largest absolute Gasteiger partial charge is 0.356 e. The summed E-state index contributed by atoms with van der Waals surface area (Å²) in [6.07, 6.45) is 3.90. The topological polar surface area (TPSA) is 83.3 Å². The van der Waals surface area contributed by atoms with Crippen molar-refractivity contribution in [1.29, 1.82) is 0 Å². The van der Waals surface area contributed by atoms with E-state index in [1.165, 1.54) is 0 Å². The van der Waals surface area contributed by atoms with Crippen molar-refractivity contribution in [3.05, 3.63) is 48.2 Å². The molecule has 8 nitrogen and oxygen atoms in total. The van der Waals surface area contributed by atoms with Crippen LogP contribution in [0.2, 0.25) is 0 Å². The Morgan fingerprint density at radius 1 is 1.29 bits per heavy atom. The van der Waals surface area contributed by atoms with Crippen LogP contribution in [0, 0.1) is 13.8 Å². The smallest absolute Gasteiger partial charge is 0.192 e. The maximum absolute atomic E-state index is 4.69. The van der Waals surface area contributed by atoms with E-state index in [2.05, 4.69) is 54.4 Å². The first-order chi connectivity index (χ1) is 13.6. The fraction of sp³-hybridized carbons (Fsp3) is 0.500. The summed E-state index contributed by atoms with van der Waals surface area (Å²) in [7, 11) is 1.96. The highest BCUT2D eigenvalue weighted by Crippen LogP contribution is 2.18. The average molecular weight is 383 g/mol. The van der Waals surface area contributed by atoms with Gasteiger partial charge in [0.2, 0.25) is 0 Å². The van der Waals surface area contributed by atoms with Gasteiger partial charge in [0.05, 0.1) is 0 Å². The van der Waals surface area contributed by atoms with E-state index in [0.717, 1.165) is 55.1 Å². The third-order valence-corrected chi connectivity index (χ3v) is 5.01. The van der Waals surface area contributed by atoms with E-state index in [0.29, 0.717) is 19.1 Å². The van der Waals surface area contributed by atoms with Crippen LogP contribution < -0.4 is 15.5 Å². The van der Waals surface area contributed by atoms with Gasteiger partial charge in [-0.05, 0) is 38.8 Å². The minimum absolute atomic E-state index is 0.373. The molecule has 1 aliphatic rings. The van der Waals surface area contributed by atoms with Gasteiger partial charge in [-0.15, -0.1) is 16.8 Å². The van der Waals surface area contributed by atoms with E-state index in [1.807, 2.05) is 37.6 Å². The van der Waals surface area contributed by atoms with Crippen molar-refractivity contribution in [2.24, 2.45) is 12.0 Å². The molecule has 1 fully saturated rings. The number of aromatic nitrogens is 4. The Morgan fingerprint density at radius 3 is 2.71 bits per heavy atom. The van der Waals surface area contributed by atoms with Crippen LogP contribution in [0.1, 0.15) is 30.2 Å². The average Bonchev–Trinajstić information content (AvgIpc) is 3.02. The lowest BCUT2D eigenvalue weighted by atomic mass is 10.1. The standard InChI is InChI=1S/C20H30N8/c1-5-11-21-20(22-14-19-26-25-16(3)27(19)4)24-17-9-12-28(13-10-17)18-8-6-7-15(2)23-18/h5-8,17H,1,9-14H2,2-4H3,(H2,21,22,24). The van der Waals surface area contributed by atoms with Crippen molar-refractivity contribution < 1.29 is 0 Å². The van der Waals surface area contributed by atoms with Crippen molar-refractivity contribution in [1.82, 2.24) is 30.4 Å². The molecule has 1 saturated heterocycles. The number of nitrogens with one attached hydrogen (secondary N) is 2. The molecular formula is C20H30N8. The second kappa shape index (κ2) is 9.34. The highest BCUT2D eigenvalue weighted by molar-refractivity contribution is 5.80. The lowest BCUT2D eigenvalue weighted by molar-refractivity contribution is 0.459. The zero-order chi connectivity index (χ0) is 19.9. The molecule has 0 atom stereocenters. The Labute approximate surface area is 166 Å². The van der Waals surface area contributed by atoms with Crippen LogP contribution in [0.3, 0.4) is 0 Å². The number of piperidine rings is 1. The maximum atomic E-state index is 4.69. The molecule has 2 N–H and O–H groups in total. The predicted molar refractivity (Wildman–Crippen MR) is 112 cm³/mol. The number of guanidine groups is 1. The third-order valence-electron chi connectivity index (χ3n) is 5.01. The lowest BCUT2D eigenvalue weighted by Gasteiger charge is -2.34. The summed E-state index contributed by atoms with van der Waals surface area (Å²) in [6.45, 7) is 10.8. The molecule has 0 aromatic carbocycles. The summed E-state index contributed by atoms with van der Waals surface area (Å²) in [6, 6.07) is 6.56. The highest BCUT2D eigenvalue weighted by Gasteiger charge is 2.21. The normalized spacial score (nSPS) is 15.5. The zero-order valence-corrected chi connectivity index (χ0v) is 17.0. The highest BCUT2D eigenvalue weighted by atomic mass is 15.3. The van der Waals surface area contributed by atoms with Gasteiger partial charge in [0.25, 0.3) is 0 Å². The van der Waals surface area contributed by atoms with Gasteiger partial charge in [-0.1, -0.05) is 12.1 Å². The molecule has 3 rings (SSSR count). The zero-order valence-electron chi connectivity index (χ0n) is 17.0. The van der Waals surface area contributed by atoms with E-state index < -0.39 is 0 Å². The lowest BCUT2D eigenvalue weighted by Crippen LogP contribution is -2.49. The van der Waals surface area contributed by atoms with Gasteiger partial charge < -0.3 is 20.1 Å². The third kappa shape index (κ3) is 5.09. The molecular weight excluding hydrogens is 352 g/mol. The number of rotatable bonds is 6. The molecule has 3 heterocycles. The van der Waals surface area contributed by atoms with Gasteiger partial charge in [0.1, 0.15) is 18.2 Å². The molecule has 2 aromatic heterocycles. The first-order valence-electron chi connectivity index (χ1n) is 9.76. The van der Waals surface area contributed by atoms with Crippen LogP contribution in [0.25, 0.3) is 0 Å². The molecule has 1 aliphatic heterocycles. The summed E-state index contributed by atoms with van der Waals surface area (Å²) in [5, 5.41) is 15.1. The molecule has 150 valence electrons. The fourth-order valence-electron chi connectivity index (χ4n) is 3.21. The number of nitrogens with zero attached hydrogens (tertiary/aromatic N) is 6. The van der Waals surface area contributed by atoms with Crippen molar-refractivity contribution in [3.63, 3.8) is 0 Å². The maximum Gasteiger partial charge on any atom is 0.192 e. The van der Waals surface area contributed by atoms with Gasteiger partial charge in [-0.2, -0.15) is 0 Å². The van der Waals surface area contributed by atoms with Crippen LogP contribution >= 0.6 is 0 Å². The number of aryl methyl sites for hydroxylation is 2. The molecule has 2 aromatic rings. The number of hydrogen-bond donors (Lipinski definition) is 2. The Bertz CT molecular complexity index is 817. The van der Waals surface area contributed by atoms with Crippen molar-refractivity contribution in [2.45, 2.75) is 39.3 Å². The van der Waals surface area contributed by atoms with Crippen molar-refractivity contribution in [3.8, 4) is 0 Å². The molecule has 0 radical (unpaired) electrons. The van der Waals surface area contributed by atoms with E-state index in [-0.39, 0.29) is 0 Å². The molecule has 0 unspecified atom stereocenters. The molecule has 0 spiro atoms. The SMILES string of the molecule is C=CCNC(=NCc1nnc(C)n1C)NC1CCN(c2cccc(C)n2)CC1. The van der Waals surface area contributed by atoms with Crippen LogP contribution in [-0.4, -0.2) is 51.4 Å². The van der Waals surface area contributed by atoms with Crippen LogP contribution in [-0.2, 0) is 13.6 Å². The summed E-state index contributed by atoms with van der Waals surface area (Å²) < 4.78 is 1.96. The van der Waals surface area contributed by atoms with Gasteiger partial charge in [0.15, 0.2) is 11.8 Å². The minimum atomic E-state index is 0.373. The van der Waals surface area contributed by atoms with E-state index in [1.54, 1.807) is 0 Å². The van der Waals surface area contributed by atoms with Crippen molar-refractivity contribution >= 4 is 11.8 Å². The monoisotopic (exact) mass is 382 g/mol. The molecule has 0 bridgehead atoms. The Kier molecular flexibility index (Phi) is 6.62.